The molecule has 2 rings (SSSR count). The molecule has 5 nitrogen and oxygen atoms in total. The van der Waals surface area contributed by atoms with Crippen molar-refractivity contribution in [2.45, 2.75) is 51.4 Å². The van der Waals surface area contributed by atoms with Crippen LogP contribution in [-0.2, 0) is 6.54 Å². The summed E-state index contributed by atoms with van der Waals surface area (Å²) >= 11 is 0. The predicted octanol–water partition coefficient (Wildman–Crippen LogP) is 2.53. The quantitative estimate of drug-likeness (QED) is 0.849. The molecule has 0 aliphatic heterocycles. The Balaban J connectivity index is 1.90. The van der Waals surface area contributed by atoms with E-state index in [4.69, 9.17) is 4.74 Å². The van der Waals surface area contributed by atoms with Crippen molar-refractivity contribution in [3.05, 3.63) is 29.8 Å². The monoisotopic (exact) mass is 306 g/mol. The number of likely N-dealkylation sites (N-methyl/N-ethyl adjacent to an activating group) is 1. The Morgan fingerprint density at radius 3 is 2.77 bits per heavy atom. The Morgan fingerprint density at radius 1 is 1.41 bits per heavy atom. The van der Waals surface area contributed by atoms with Crippen LogP contribution < -0.4 is 10.1 Å². The van der Waals surface area contributed by atoms with Crippen LogP contribution in [0.2, 0.25) is 0 Å². The van der Waals surface area contributed by atoms with Gasteiger partial charge in [-0.3, -0.25) is 0 Å². The van der Waals surface area contributed by atoms with Gasteiger partial charge in [0.1, 0.15) is 5.75 Å². The Bertz CT molecular complexity index is 485. The average molecular weight is 306 g/mol. The fourth-order valence-corrected chi connectivity index (χ4v) is 2.74. The van der Waals surface area contributed by atoms with Crippen molar-refractivity contribution < 1.29 is 14.6 Å². The molecule has 1 aromatic rings. The van der Waals surface area contributed by atoms with Crippen LogP contribution in [0.4, 0.5) is 4.79 Å². The Morgan fingerprint density at radius 2 is 2.09 bits per heavy atom. The highest BCUT2D eigenvalue weighted by molar-refractivity contribution is 5.73. The average Bonchev–Trinajstić information content (AvgIpc) is 2.98. The number of benzene rings is 1. The van der Waals surface area contributed by atoms with E-state index in [9.17, 15) is 9.90 Å². The van der Waals surface area contributed by atoms with Crippen LogP contribution in [0.15, 0.2) is 24.3 Å². The maximum absolute atomic E-state index is 12.0. The number of aliphatic hydroxyl groups is 1. The van der Waals surface area contributed by atoms with E-state index >= 15 is 0 Å². The summed E-state index contributed by atoms with van der Waals surface area (Å²) in [5, 5.41) is 12.2. The molecule has 0 aromatic heterocycles. The molecule has 2 amide bonds. The maximum atomic E-state index is 12.0. The van der Waals surface area contributed by atoms with Crippen LogP contribution in [0.3, 0.4) is 0 Å². The molecule has 0 radical (unpaired) electrons. The Kier molecular flexibility index (Phi) is 6.07. The van der Waals surface area contributed by atoms with E-state index in [1.807, 2.05) is 24.3 Å². The number of rotatable bonds is 6. The zero-order valence-electron chi connectivity index (χ0n) is 13.4. The van der Waals surface area contributed by atoms with Gasteiger partial charge in [0.2, 0.25) is 0 Å². The van der Waals surface area contributed by atoms with Crippen LogP contribution in [-0.4, -0.2) is 41.8 Å². The van der Waals surface area contributed by atoms with Crippen LogP contribution in [0, 0.1) is 0 Å². The lowest BCUT2D eigenvalue weighted by Crippen LogP contribution is -2.40. The molecule has 2 N–H and O–H groups in total. The first kappa shape index (κ1) is 16.6. The largest absolute Gasteiger partial charge is 0.490 e. The molecule has 5 heteroatoms. The fraction of sp³-hybridized carbons (Fsp3) is 0.588. The number of hydrogen-bond donors (Lipinski definition) is 2. The zero-order chi connectivity index (χ0) is 15.9. The highest BCUT2D eigenvalue weighted by atomic mass is 16.5. The van der Waals surface area contributed by atoms with Crippen molar-refractivity contribution in [2.75, 3.05) is 13.6 Å². The van der Waals surface area contributed by atoms with Gasteiger partial charge in [0.05, 0.1) is 12.2 Å². The number of aliphatic hydroxyl groups excluding tert-OH is 1. The minimum Gasteiger partial charge on any atom is -0.490 e. The van der Waals surface area contributed by atoms with E-state index in [0.717, 1.165) is 24.2 Å². The molecule has 22 heavy (non-hydrogen) atoms. The predicted molar refractivity (Wildman–Crippen MR) is 85.9 cm³/mol. The van der Waals surface area contributed by atoms with Crippen LogP contribution in [0.25, 0.3) is 0 Å². The molecule has 1 atom stereocenters. The molecular weight excluding hydrogens is 280 g/mol. The van der Waals surface area contributed by atoms with E-state index in [0.29, 0.717) is 19.2 Å². The first-order valence-corrected chi connectivity index (χ1v) is 7.98. The molecule has 1 aromatic carbocycles. The number of hydrogen-bond acceptors (Lipinski definition) is 3. The third-order valence-electron chi connectivity index (χ3n) is 3.88. The van der Waals surface area contributed by atoms with Crippen molar-refractivity contribution in [3.8, 4) is 5.75 Å². The number of amides is 2. The number of carbonyl (C=O) groups is 1. The summed E-state index contributed by atoms with van der Waals surface area (Å²) in [5.41, 5.74) is 0.980. The third kappa shape index (κ3) is 4.91. The van der Waals surface area contributed by atoms with Gasteiger partial charge < -0.3 is 20.1 Å². The van der Waals surface area contributed by atoms with E-state index in [2.05, 4.69) is 5.32 Å². The first-order valence-electron chi connectivity index (χ1n) is 7.98. The van der Waals surface area contributed by atoms with Crippen molar-refractivity contribution in [1.29, 1.82) is 0 Å². The maximum Gasteiger partial charge on any atom is 0.317 e. The summed E-state index contributed by atoms with van der Waals surface area (Å²) < 4.78 is 6.06. The van der Waals surface area contributed by atoms with Gasteiger partial charge in [-0.05, 0) is 38.7 Å². The summed E-state index contributed by atoms with van der Waals surface area (Å²) in [6, 6.07) is 7.63. The molecule has 1 fully saturated rings. The molecule has 122 valence electrons. The van der Waals surface area contributed by atoms with Crippen LogP contribution in [0.1, 0.15) is 38.2 Å². The zero-order valence-corrected chi connectivity index (χ0v) is 13.4. The Labute approximate surface area is 132 Å². The van der Waals surface area contributed by atoms with Crippen LogP contribution >= 0.6 is 0 Å². The van der Waals surface area contributed by atoms with Crippen molar-refractivity contribution >= 4 is 6.03 Å². The van der Waals surface area contributed by atoms with E-state index in [1.54, 1.807) is 14.0 Å². The third-order valence-corrected chi connectivity index (χ3v) is 3.88. The topological polar surface area (TPSA) is 61.8 Å². The number of urea groups is 1. The van der Waals surface area contributed by atoms with E-state index in [1.165, 1.54) is 17.7 Å². The molecule has 0 spiro atoms. The lowest BCUT2D eigenvalue weighted by molar-refractivity contribution is 0.143. The number of nitrogens with zero attached hydrogens (tertiary/aromatic N) is 1. The van der Waals surface area contributed by atoms with E-state index < -0.39 is 6.10 Å². The molecule has 1 saturated carbocycles. The highest BCUT2D eigenvalue weighted by Crippen LogP contribution is 2.26. The number of carbonyl (C=O) groups excluding carboxylic acids is 1. The first-order chi connectivity index (χ1) is 10.6. The van der Waals surface area contributed by atoms with Gasteiger partial charge >= 0.3 is 6.03 Å². The smallest absolute Gasteiger partial charge is 0.317 e. The van der Waals surface area contributed by atoms with Crippen molar-refractivity contribution in [2.24, 2.45) is 0 Å². The summed E-state index contributed by atoms with van der Waals surface area (Å²) in [5.74, 6) is 0.855. The lowest BCUT2D eigenvalue weighted by atomic mass is 10.2. The summed E-state index contributed by atoms with van der Waals surface area (Å²) in [6.45, 7) is 2.40. The molecule has 1 unspecified atom stereocenters. The molecule has 0 saturated heterocycles. The van der Waals surface area contributed by atoms with E-state index in [-0.39, 0.29) is 6.03 Å². The second-order valence-corrected chi connectivity index (χ2v) is 6.02. The number of ether oxygens (including phenoxy) is 1. The highest BCUT2D eigenvalue weighted by Gasteiger charge is 2.18. The number of nitrogens with one attached hydrogen (secondary N) is 1. The normalized spacial score (nSPS) is 16.3. The van der Waals surface area contributed by atoms with Gasteiger partial charge in [-0.25, -0.2) is 4.79 Å². The molecule has 0 heterocycles. The Hall–Kier alpha value is -1.75. The minimum atomic E-state index is -0.534. The van der Waals surface area contributed by atoms with Gasteiger partial charge in [-0.1, -0.05) is 18.2 Å². The second kappa shape index (κ2) is 8.03. The molecule has 1 aliphatic rings. The van der Waals surface area contributed by atoms with Crippen molar-refractivity contribution in [1.82, 2.24) is 10.2 Å². The van der Waals surface area contributed by atoms with Gasteiger partial charge in [-0.15, -0.1) is 0 Å². The molecule has 1 aliphatic carbocycles. The summed E-state index contributed by atoms with van der Waals surface area (Å²) in [6.07, 6.45) is 4.44. The van der Waals surface area contributed by atoms with Gasteiger partial charge in [0.15, 0.2) is 0 Å². The molecule has 0 bridgehead atoms. The van der Waals surface area contributed by atoms with Gasteiger partial charge in [0, 0.05) is 25.7 Å². The summed E-state index contributed by atoms with van der Waals surface area (Å²) in [4.78, 5) is 13.4. The van der Waals surface area contributed by atoms with Gasteiger partial charge in [0.25, 0.3) is 0 Å². The molecular formula is C17H26N2O3. The van der Waals surface area contributed by atoms with Gasteiger partial charge in [-0.2, -0.15) is 0 Å². The fourth-order valence-electron chi connectivity index (χ4n) is 2.74. The second-order valence-electron chi connectivity index (χ2n) is 6.02. The summed E-state index contributed by atoms with van der Waals surface area (Å²) in [7, 11) is 1.67. The van der Waals surface area contributed by atoms with Crippen molar-refractivity contribution in [3.63, 3.8) is 0 Å². The SMILES string of the molecule is CC(O)CN(C)C(=O)NCc1ccccc1OC1CCCC1. The number of para-hydroxylation sites is 1. The lowest BCUT2D eigenvalue weighted by Gasteiger charge is -2.20. The van der Waals surface area contributed by atoms with Crippen LogP contribution in [0.5, 0.6) is 5.75 Å². The minimum absolute atomic E-state index is 0.198. The standard InChI is InChI=1S/C17H26N2O3/c1-13(20)12-19(2)17(21)18-11-14-7-3-6-10-16(14)22-15-8-4-5-9-15/h3,6-7,10,13,15,20H,4-5,8-9,11-12H2,1-2H3,(H,18,21).